The number of likely N-dealkylation sites (N-methyl/N-ethyl adjacent to an activating group) is 1. The third kappa shape index (κ3) is 6.84. The van der Waals surface area contributed by atoms with Crippen LogP contribution in [0.15, 0.2) is 24.3 Å². The molecule has 1 heterocycles. The van der Waals surface area contributed by atoms with Crippen LogP contribution in [0.25, 0.3) is 0 Å². The molecule has 1 aliphatic rings. The molecule has 1 saturated heterocycles. The van der Waals surface area contributed by atoms with Gasteiger partial charge in [0, 0.05) is 65.6 Å². The zero-order valence-electron chi connectivity index (χ0n) is 16.8. The average molecular weight is 362 g/mol. The molecule has 6 nitrogen and oxygen atoms in total. The van der Waals surface area contributed by atoms with Gasteiger partial charge in [0.2, 0.25) is 0 Å². The van der Waals surface area contributed by atoms with Crippen LogP contribution in [0.1, 0.15) is 19.4 Å². The highest BCUT2D eigenvalue weighted by molar-refractivity contribution is 5.73. The first-order chi connectivity index (χ1) is 12.5. The van der Waals surface area contributed by atoms with E-state index in [1.165, 1.54) is 0 Å². The molecule has 1 atom stereocenters. The van der Waals surface area contributed by atoms with Crippen LogP contribution >= 0.6 is 0 Å². The predicted octanol–water partition coefficient (Wildman–Crippen LogP) is 1.83. The standard InChI is InChI=1S/C20H35N5O/c1-5-24-10-12-25(13-11-24)16-17(2)14-21-20(26)22-15-18-6-8-19(9-7-18)23(3)4/h6-9,17H,5,10-16H2,1-4H3,(H2,21,22,26). The first-order valence-electron chi connectivity index (χ1n) is 9.70. The van der Waals surface area contributed by atoms with Gasteiger partial charge in [-0.3, -0.25) is 0 Å². The second-order valence-corrected chi connectivity index (χ2v) is 7.46. The third-order valence-corrected chi connectivity index (χ3v) is 5.00. The molecule has 26 heavy (non-hydrogen) atoms. The minimum Gasteiger partial charge on any atom is -0.378 e. The first kappa shape index (κ1) is 20.5. The maximum atomic E-state index is 12.0. The number of hydrogen-bond donors (Lipinski definition) is 2. The maximum Gasteiger partial charge on any atom is 0.315 e. The van der Waals surface area contributed by atoms with E-state index >= 15 is 0 Å². The number of rotatable bonds is 8. The van der Waals surface area contributed by atoms with Gasteiger partial charge in [-0.15, -0.1) is 0 Å². The van der Waals surface area contributed by atoms with Crippen LogP contribution in [-0.4, -0.2) is 75.7 Å². The molecule has 0 spiro atoms. The number of urea groups is 1. The molecule has 2 amide bonds. The molecule has 6 heteroatoms. The highest BCUT2D eigenvalue weighted by Crippen LogP contribution is 2.12. The van der Waals surface area contributed by atoms with E-state index in [0.29, 0.717) is 19.0 Å². The molecular weight excluding hydrogens is 326 g/mol. The lowest BCUT2D eigenvalue weighted by atomic mass is 10.1. The van der Waals surface area contributed by atoms with E-state index in [1.54, 1.807) is 0 Å². The molecule has 2 rings (SSSR count). The van der Waals surface area contributed by atoms with Crippen molar-refractivity contribution >= 4 is 11.7 Å². The van der Waals surface area contributed by atoms with Gasteiger partial charge in [-0.2, -0.15) is 0 Å². The smallest absolute Gasteiger partial charge is 0.315 e. The molecule has 0 aromatic heterocycles. The number of benzene rings is 1. The van der Waals surface area contributed by atoms with E-state index in [4.69, 9.17) is 0 Å². The summed E-state index contributed by atoms with van der Waals surface area (Å²) in [5, 5.41) is 5.93. The van der Waals surface area contributed by atoms with E-state index in [9.17, 15) is 4.79 Å². The van der Waals surface area contributed by atoms with Gasteiger partial charge in [-0.1, -0.05) is 26.0 Å². The summed E-state index contributed by atoms with van der Waals surface area (Å²) in [5.74, 6) is 0.452. The number of piperazine rings is 1. The monoisotopic (exact) mass is 361 g/mol. The lowest BCUT2D eigenvalue weighted by Crippen LogP contribution is -2.48. The van der Waals surface area contributed by atoms with Gasteiger partial charge in [0.15, 0.2) is 0 Å². The summed E-state index contributed by atoms with van der Waals surface area (Å²) >= 11 is 0. The van der Waals surface area contributed by atoms with E-state index in [1.807, 2.05) is 26.2 Å². The van der Waals surface area contributed by atoms with E-state index in [2.05, 4.69) is 51.3 Å². The molecule has 1 aliphatic heterocycles. The van der Waals surface area contributed by atoms with Gasteiger partial charge in [0.25, 0.3) is 0 Å². The molecule has 146 valence electrons. The van der Waals surface area contributed by atoms with Gasteiger partial charge in [-0.25, -0.2) is 4.79 Å². The van der Waals surface area contributed by atoms with E-state index in [-0.39, 0.29) is 6.03 Å². The number of carbonyl (C=O) groups excluding carboxylic acids is 1. The van der Waals surface area contributed by atoms with Crippen LogP contribution in [0.4, 0.5) is 10.5 Å². The Morgan fingerprint density at radius 1 is 1.08 bits per heavy atom. The Balaban J connectivity index is 1.62. The average Bonchev–Trinajstić information content (AvgIpc) is 2.65. The number of nitrogens with one attached hydrogen (secondary N) is 2. The maximum absolute atomic E-state index is 12.0. The summed E-state index contributed by atoms with van der Waals surface area (Å²) in [6, 6.07) is 8.14. The number of nitrogens with zero attached hydrogens (tertiary/aromatic N) is 3. The molecular formula is C20H35N5O. The molecule has 0 saturated carbocycles. The van der Waals surface area contributed by atoms with Crippen molar-refractivity contribution in [3.05, 3.63) is 29.8 Å². The van der Waals surface area contributed by atoms with E-state index < -0.39 is 0 Å². The molecule has 0 aliphatic carbocycles. The number of anilines is 1. The van der Waals surface area contributed by atoms with Gasteiger partial charge >= 0.3 is 6.03 Å². The summed E-state index contributed by atoms with van der Waals surface area (Å²) in [4.78, 5) is 19.1. The van der Waals surface area contributed by atoms with E-state index in [0.717, 1.165) is 50.5 Å². The molecule has 1 fully saturated rings. The fourth-order valence-corrected chi connectivity index (χ4v) is 3.22. The zero-order valence-corrected chi connectivity index (χ0v) is 16.8. The SMILES string of the molecule is CCN1CCN(CC(C)CNC(=O)NCc2ccc(N(C)C)cc2)CC1. The largest absolute Gasteiger partial charge is 0.378 e. The Kier molecular flexibility index (Phi) is 8.19. The zero-order chi connectivity index (χ0) is 18.9. The Morgan fingerprint density at radius 2 is 1.69 bits per heavy atom. The van der Waals surface area contributed by atoms with Crippen molar-refractivity contribution in [1.29, 1.82) is 0 Å². The summed E-state index contributed by atoms with van der Waals surface area (Å²) < 4.78 is 0. The minimum atomic E-state index is -0.0932. The first-order valence-corrected chi connectivity index (χ1v) is 9.70. The highest BCUT2D eigenvalue weighted by Gasteiger charge is 2.17. The minimum absolute atomic E-state index is 0.0932. The van der Waals surface area contributed by atoms with Crippen molar-refractivity contribution in [2.24, 2.45) is 5.92 Å². The Bertz CT molecular complexity index is 538. The fraction of sp³-hybridized carbons (Fsp3) is 0.650. The van der Waals surface area contributed by atoms with Gasteiger partial charge in [0.05, 0.1) is 0 Å². The second kappa shape index (κ2) is 10.4. The normalized spacial score (nSPS) is 16.9. The van der Waals surface area contributed by atoms with Gasteiger partial charge < -0.3 is 25.3 Å². The van der Waals surface area contributed by atoms with Crippen LogP contribution in [0.2, 0.25) is 0 Å². The van der Waals surface area contributed by atoms with Gasteiger partial charge in [-0.05, 0) is 30.2 Å². The number of carbonyl (C=O) groups is 1. The van der Waals surface area contributed by atoms with Crippen LogP contribution in [0.5, 0.6) is 0 Å². The predicted molar refractivity (Wildman–Crippen MR) is 109 cm³/mol. The Morgan fingerprint density at radius 3 is 2.27 bits per heavy atom. The van der Waals surface area contributed by atoms with Crippen molar-refractivity contribution in [1.82, 2.24) is 20.4 Å². The Labute approximate surface area is 158 Å². The van der Waals surface area contributed by atoms with Crippen LogP contribution in [0, 0.1) is 5.92 Å². The summed E-state index contributed by atoms with van der Waals surface area (Å²) in [6.45, 7) is 12.4. The Hall–Kier alpha value is -1.79. The molecule has 2 N–H and O–H groups in total. The molecule has 0 radical (unpaired) electrons. The molecule has 1 aromatic rings. The number of amides is 2. The lowest BCUT2D eigenvalue weighted by Gasteiger charge is -2.35. The topological polar surface area (TPSA) is 50.9 Å². The van der Waals surface area contributed by atoms with Crippen LogP contribution in [0.3, 0.4) is 0 Å². The van der Waals surface area contributed by atoms with Crippen molar-refractivity contribution < 1.29 is 4.79 Å². The third-order valence-electron chi connectivity index (χ3n) is 5.00. The summed E-state index contributed by atoms with van der Waals surface area (Å²) in [7, 11) is 4.04. The van der Waals surface area contributed by atoms with Crippen molar-refractivity contribution in [3.63, 3.8) is 0 Å². The van der Waals surface area contributed by atoms with Crippen molar-refractivity contribution in [2.75, 3.05) is 64.8 Å². The molecule has 1 unspecified atom stereocenters. The van der Waals surface area contributed by atoms with Crippen molar-refractivity contribution in [2.45, 2.75) is 20.4 Å². The van der Waals surface area contributed by atoms with Crippen LogP contribution in [-0.2, 0) is 6.54 Å². The molecule has 1 aromatic carbocycles. The van der Waals surface area contributed by atoms with Gasteiger partial charge in [0.1, 0.15) is 0 Å². The summed E-state index contributed by atoms with van der Waals surface area (Å²) in [5.41, 5.74) is 2.26. The van der Waals surface area contributed by atoms with Crippen molar-refractivity contribution in [3.8, 4) is 0 Å². The summed E-state index contributed by atoms with van der Waals surface area (Å²) in [6.07, 6.45) is 0. The second-order valence-electron chi connectivity index (χ2n) is 7.46. The van der Waals surface area contributed by atoms with Crippen LogP contribution < -0.4 is 15.5 Å². The number of hydrogen-bond acceptors (Lipinski definition) is 4. The quantitative estimate of drug-likeness (QED) is 0.742. The highest BCUT2D eigenvalue weighted by atomic mass is 16.2. The molecule has 0 bridgehead atoms. The lowest BCUT2D eigenvalue weighted by molar-refractivity contribution is 0.124. The fourth-order valence-electron chi connectivity index (χ4n) is 3.22.